The fraction of sp³-hybridized carbons (Fsp3) is 0. The number of hydrogen-bond acceptors (Lipinski definition) is 5. The minimum Gasteiger partial charge on any atom is -0.478 e. The Labute approximate surface area is 61.5 Å². The summed E-state index contributed by atoms with van der Waals surface area (Å²) in [6, 6.07) is 0. The zero-order valence-electron chi connectivity index (χ0n) is 5.31. The molecule has 0 aromatic heterocycles. The van der Waals surface area contributed by atoms with Gasteiger partial charge in [-0.25, -0.2) is 9.59 Å². The van der Waals surface area contributed by atoms with Crippen LogP contribution in [0.1, 0.15) is 0 Å². The van der Waals surface area contributed by atoms with Gasteiger partial charge in [0.25, 0.3) is 0 Å². The molecular weight excluding hydrogens is 152 g/mol. The molecule has 0 saturated heterocycles. The van der Waals surface area contributed by atoms with E-state index in [0.29, 0.717) is 6.26 Å². The molecule has 0 bridgehead atoms. The molecule has 5 nitrogen and oxygen atoms in total. The number of ether oxygens (including phenoxy) is 2. The molecule has 0 unspecified atom stereocenters. The molecule has 1 aliphatic rings. The van der Waals surface area contributed by atoms with Gasteiger partial charge in [0.05, 0.1) is 0 Å². The SMILES string of the molecule is O=C1/C=C/C(=O)O/C(O)=C\O1. The number of carbonyl (C=O) groups excluding carboxylic acids is 2. The lowest BCUT2D eigenvalue weighted by Crippen LogP contribution is -2.06. The van der Waals surface area contributed by atoms with Crippen molar-refractivity contribution in [3.8, 4) is 0 Å². The summed E-state index contributed by atoms with van der Waals surface area (Å²) in [4.78, 5) is 20.9. The zero-order valence-corrected chi connectivity index (χ0v) is 5.31. The van der Waals surface area contributed by atoms with Crippen molar-refractivity contribution in [2.24, 2.45) is 0 Å². The largest absolute Gasteiger partial charge is 0.478 e. The molecule has 1 N–H and O–H groups in total. The van der Waals surface area contributed by atoms with Crippen LogP contribution in [0.25, 0.3) is 0 Å². The van der Waals surface area contributed by atoms with Gasteiger partial charge in [-0.1, -0.05) is 0 Å². The number of cyclic esters (lactones) is 2. The molecule has 11 heavy (non-hydrogen) atoms. The van der Waals surface area contributed by atoms with Gasteiger partial charge in [0, 0.05) is 12.2 Å². The van der Waals surface area contributed by atoms with E-state index in [1.807, 2.05) is 0 Å². The van der Waals surface area contributed by atoms with Crippen molar-refractivity contribution in [3.05, 3.63) is 24.4 Å². The number of esters is 2. The fourth-order valence-electron chi connectivity index (χ4n) is 0.445. The van der Waals surface area contributed by atoms with Gasteiger partial charge in [-0.3, -0.25) is 0 Å². The van der Waals surface area contributed by atoms with Crippen LogP contribution in [-0.4, -0.2) is 17.0 Å². The standard InChI is InChI=1S/C6H4O5/c7-4-1-2-5(8)11-6(9)3-10-4/h1-3,9H/b2-1+,6-3-. The number of rotatable bonds is 0. The van der Waals surface area contributed by atoms with Crippen LogP contribution in [0.15, 0.2) is 24.4 Å². The van der Waals surface area contributed by atoms with E-state index in [-0.39, 0.29) is 0 Å². The minimum atomic E-state index is -0.824. The highest BCUT2D eigenvalue weighted by atomic mass is 16.6. The first-order chi connectivity index (χ1) is 5.18. The van der Waals surface area contributed by atoms with E-state index in [0.717, 1.165) is 12.2 Å². The highest BCUT2D eigenvalue weighted by Gasteiger charge is 2.07. The summed E-state index contributed by atoms with van der Waals surface area (Å²) in [6.07, 6.45) is 2.39. The normalized spacial score (nSPS) is 25.3. The van der Waals surface area contributed by atoms with Crippen molar-refractivity contribution < 1.29 is 24.2 Å². The van der Waals surface area contributed by atoms with Crippen molar-refractivity contribution in [1.82, 2.24) is 0 Å². The van der Waals surface area contributed by atoms with Crippen LogP contribution in [0.4, 0.5) is 0 Å². The smallest absolute Gasteiger partial charge is 0.338 e. The van der Waals surface area contributed by atoms with Crippen LogP contribution in [0, 0.1) is 0 Å². The molecule has 0 aromatic carbocycles. The molecule has 0 atom stereocenters. The molecule has 1 aliphatic heterocycles. The second kappa shape index (κ2) is 2.87. The topological polar surface area (TPSA) is 72.8 Å². The average Bonchev–Trinajstić information content (AvgIpc) is 1.95. The molecular formula is C6H4O5. The summed E-state index contributed by atoms with van der Waals surface area (Å²) in [5, 5.41) is 8.61. The molecule has 0 amide bonds. The molecule has 0 spiro atoms. The second-order valence-corrected chi connectivity index (χ2v) is 1.65. The van der Waals surface area contributed by atoms with E-state index < -0.39 is 17.9 Å². The summed E-state index contributed by atoms with van der Waals surface area (Å²) in [6.45, 7) is 0. The highest BCUT2D eigenvalue weighted by Crippen LogP contribution is 1.98. The Bertz CT molecular complexity index is 250. The molecule has 0 aliphatic carbocycles. The van der Waals surface area contributed by atoms with Gasteiger partial charge in [-0.05, 0) is 0 Å². The number of aliphatic hydroxyl groups excluding tert-OH is 1. The van der Waals surface area contributed by atoms with E-state index in [4.69, 9.17) is 5.11 Å². The Kier molecular flexibility index (Phi) is 1.91. The predicted molar refractivity (Wildman–Crippen MR) is 32.0 cm³/mol. The van der Waals surface area contributed by atoms with Crippen molar-refractivity contribution >= 4 is 11.9 Å². The zero-order chi connectivity index (χ0) is 8.27. The lowest BCUT2D eigenvalue weighted by atomic mass is 10.5. The van der Waals surface area contributed by atoms with Gasteiger partial charge >= 0.3 is 17.9 Å². The van der Waals surface area contributed by atoms with Gasteiger partial charge in [-0.2, -0.15) is 0 Å². The molecule has 0 radical (unpaired) electrons. The van der Waals surface area contributed by atoms with Gasteiger partial charge in [0.2, 0.25) is 0 Å². The molecule has 5 heteroatoms. The molecule has 0 saturated carbocycles. The molecule has 1 rings (SSSR count). The first kappa shape index (κ1) is 7.33. The average molecular weight is 156 g/mol. The molecule has 58 valence electrons. The summed E-state index contributed by atoms with van der Waals surface area (Å²) >= 11 is 0. The third-order valence-corrected chi connectivity index (χ3v) is 0.837. The van der Waals surface area contributed by atoms with Crippen molar-refractivity contribution in [1.29, 1.82) is 0 Å². The van der Waals surface area contributed by atoms with Crippen molar-refractivity contribution in [2.75, 3.05) is 0 Å². The van der Waals surface area contributed by atoms with Gasteiger partial charge in [-0.15, -0.1) is 0 Å². The minimum absolute atomic E-state index is 0.643. The maximum absolute atomic E-state index is 10.5. The number of aliphatic hydroxyl groups is 1. The van der Waals surface area contributed by atoms with Crippen LogP contribution < -0.4 is 0 Å². The molecule has 1 heterocycles. The lowest BCUT2D eigenvalue weighted by molar-refractivity contribution is -0.142. The molecule has 0 fully saturated rings. The van der Waals surface area contributed by atoms with E-state index in [1.165, 1.54) is 0 Å². The van der Waals surface area contributed by atoms with Gasteiger partial charge in [0.1, 0.15) is 0 Å². The summed E-state index contributed by atoms with van der Waals surface area (Å²) in [7, 11) is 0. The fourth-order valence-corrected chi connectivity index (χ4v) is 0.445. The summed E-state index contributed by atoms with van der Waals surface area (Å²) in [5.41, 5.74) is 0. The van der Waals surface area contributed by atoms with E-state index in [1.54, 1.807) is 0 Å². The monoisotopic (exact) mass is 156 g/mol. The van der Waals surface area contributed by atoms with Crippen LogP contribution in [0.5, 0.6) is 0 Å². The second-order valence-electron chi connectivity index (χ2n) is 1.65. The van der Waals surface area contributed by atoms with Gasteiger partial charge < -0.3 is 14.6 Å². The van der Waals surface area contributed by atoms with E-state index in [2.05, 4.69) is 9.47 Å². The first-order valence-electron chi connectivity index (χ1n) is 2.68. The van der Waals surface area contributed by atoms with Crippen molar-refractivity contribution in [2.45, 2.75) is 0 Å². The Morgan fingerprint density at radius 2 is 1.82 bits per heavy atom. The Balaban J connectivity index is 2.78. The van der Waals surface area contributed by atoms with Crippen LogP contribution >= 0.6 is 0 Å². The maximum Gasteiger partial charge on any atom is 0.338 e. The number of carbonyl (C=O) groups is 2. The van der Waals surface area contributed by atoms with E-state index >= 15 is 0 Å². The highest BCUT2D eigenvalue weighted by molar-refractivity contribution is 5.92. The van der Waals surface area contributed by atoms with Crippen LogP contribution in [0.3, 0.4) is 0 Å². The summed E-state index contributed by atoms with van der Waals surface area (Å²) in [5.74, 6) is -2.31. The molecule has 0 aromatic rings. The third kappa shape index (κ3) is 2.13. The lowest BCUT2D eigenvalue weighted by Gasteiger charge is -2.01. The predicted octanol–water partition coefficient (Wildman–Crippen LogP) is -0.000500. The Morgan fingerprint density at radius 3 is 2.55 bits per heavy atom. The summed E-state index contributed by atoms with van der Waals surface area (Å²) < 4.78 is 8.38. The Morgan fingerprint density at radius 1 is 1.18 bits per heavy atom. The van der Waals surface area contributed by atoms with Crippen molar-refractivity contribution in [3.63, 3.8) is 0 Å². The van der Waals surface area contributed by atoms with Crippen LogP contribution in [-0.2, 0) is 19.1 Å². The Hall–Kier alpha value is -1.78. The third-order valence-electron chi connectivity index (χ3n) is 0.837. The number of hydrogen-bond donors (Lipinski definition) is 1. The first-order valence-corrected chi connectivity index (χ1v) is 2.68. The van der Waals surface area contributed by atoms with E-state index in [9.17, 15) is 9.59 Å². The van der Waals surface area contributed by atoms with Crippen LogP contribution in [0.2, 0.25) is 0 Å². The van der Waals surface area contributed by atoms with Gasteiger partial charge in [0.15, 0.2) is 6.26 Å². The quantitative estimate of drug-likeness (QED) is 0.499. The maximum atomic E-state index is 10.5.